The fourth-order valence-electron chi connectivity index (χ4n) is 1.90. The van der Waals surface area contributed by atoms with E-state index in [-0.39, 0.29) is 0 Å². The SMILES string of the molecule is CCSc1ccc(-c2noc(-c3ccc(C#N)[nH]3)n2)cc1. The predicted octanol–water partition coefficient (Wildman–Crippen LogP) is 3.72. The zero-order valence-corrected chi connectivity index (χ0v) is 12.1. The van der Waals surface area contributed by atoms with E-state index in [0.29, 0.717) is 23.1 Å². The molecule has 3 rings (SSSR count). The van der Waals surface area contributed by atoms with Crippen LogP contribution in [-0.2, 0) is 0 Å². The van der Waals surface area contributed by atoms with Gasteiger partial charge in [-0.15, -0.1) is 11.8 Å². The van der Waals surface area contributed by atoms with Crippen molar-refractivity contribution in [3.8, 4) is 29.0 Å². The Labute approximate surface area is 126 Å². The van der Waals surface area contributed by atoms with Crippen LogP contribution in [0.2, 0.25) is 0 Å². The van der Waals surface area contributed by atoms with Gasteiger partial charge in [-0.05, 0) is 42.2 Å². The molecule has 0 saturated heterocycles. The Hall–Kier alpha value is -2.52. The van der Waals surface area contributed by atoms with Crippen molar-refractivity contribution in [2.45, 2.75) is 11.8 Å². The Morgan fingerprint density at radius 2 is 2.05 bits per heavy atom. The first-order valence-electron chi connectivity index (χ1n) is 6.46. The first kappa shape index (κ1) is 13.5. The van der Waals surface area contributed by atoms with Crippen LogP contribution < -0.4 is 0 Å². The molecular weight excluding hydrogens is 284 g/mol. The van der Waals surface area contributed by atoms with E-state index < -0.39 is 0 Å². The van der Waals surface area contributed by atoms with Crippen LogP contribution in [0.5, 0.6) is 0 Å². The van der Waals surface area contributed by atoms with Crippen molar-refractivity contribution in [1.82, 2.24) is 15.1 Å². The summed E-state index contributed by atoms with van der Waals surface area (Å²) in [5, 5.41) is 12.8. The van der Waals surface area contributed by atoms with E-state index in [0.717, 1.165) is 11.3 Å². The van der Waals surface area contributed by atoms with Gasteiger partial charge in [0.25, 0.3) is 5.89 Å². The molecule has 0 aliphatic heterocycles. The van der Waals surface area contributed by atoms with E-state index in [4.69, 9.17) is 9.78 Å². The minimum absolute atomic E-state index is 0.374. The molecule has 104 valence electrons. The van der Waals surface area contributed by atoms with E-state index in [2.05, 4.69) is 22.0 Å². The number of thioether (sulfide) groups is 1. The van der Waals surface area contributed by atoms with Gasteiger partial charge in [-0.1, -0.05) is 12.1 Å². The van der Waals surface area contributed by atoms with Gasteiger partial charge < -0.3 is 9.51 Å². The molecule has 21 heavy (non-hydrogen) atoms. The van der Waals surface area contributed by atoms with E-state index in [9.17, 15) is 0 Å². The van der Waals surface area contributed by atoms with Crippen LogP contribution in [0.15, 0.2) is 45.8 Å². The second kappa shape index (κ2) is 5.85. The Morgan fingerprint density at radius 1 is 1.24 bits per heavy atom. The lowest BCUT2D eigenvalue weighted by Crippen LogP contribution is -1.82. The van der Waals surface area contributed by atoms with Crippen molar-refractivity contribution in [2.24, 2.45) is 0 Å². The summed E-state index contributed by atoms with van der Waals surface area (Å²) >= 11 is 1.79. The fraction of sp³-hybridized carbons (Fsp3) is 0.133. The van der Waals surface area contributed by atoms with Crippen LogP contribution in [-0.4, -0.2) is 20.9 Å². The number of aromatic nitrogens is 3. The third kappa shape index (κ3) is 2.83. The summed E-state index contributed by atoms with van der Waals surface area (Å²) in [6.45, 7) is 2.12. The monoisotopic (exact) mass is 296 g/mol. The molecule has 2 heterocycles. The van der Waals surface area contributed by atoms with Crippen LogP contribution >= 0.6 is 11.8 Å². The van der Waals surface area contributed by atoms with Gasteiger partial charge in [0.1, 0.15) is 17.5 Å². The highest BCUT2D eigenvalue weighted by molar-refractivity contribution is 7.99. The summed E-state index contributed by atoms with van der Waals surface area (Å²) in [5.41, 5.74) is 2.01. The predicted molar refractivity (Wildman–Crippen MR) is 80.6 cm³/mol. The van der Waals surface area contributed by atoms with Gasteiger partial charge in [0, 0.05) is 10.5 Å². The van der Waals surface area contributed by atoms with Crippen LogP contribution in [0.4, 0.5) is 0 Å². The number of rotatable bonds is 4. The highest BCUT2D eigenvalue weighted by atomic mass is 32.2. The molecule has 0 atom stereocenters. The lowest BCUT2D eigenvalue weighted by atomic mass is 10.2. The average Bonchev–Trinajstić information content (AvgIpc) is 3.17. The van der Waals surface area contributed by atoms with Crippen molar-refractivity contribution in [3.63, 3.8) is 0 Å². The van der Waals surface area contributed by atoms with Gasteiger partial charge in [-0.2, -0.15) is 10.2 Å². The van der Waals surface area contributed by atoms with Crippen LogP contribution in [0.25, 0.3) is 23.0 Å². The molecule has 5 nitrogen and oxygen atoms in total. The first-order valence-corrected chi connectivity index (χ1v) is 7.45. The van der Waals surface area contributed by atoms with Crippen molar-refractivity contribution in [1.29, 1.82) is 5.26 Å². The van der Waals surface area contributed by atoms with Gasteiger partial charge in [0.15, 0.2) is 0 Å². The quantitative estimate of drug-likeness (QED) is 0.742. The maximum absolute atomic E-state index is 8.80. The largest absolute Gasteiger partial charge is 0.342 e. The fourth-order valence-corrected chi connectivity index (χ4v) is 2.56. The molecule has 0 aliphatic carbocycles. The lowest BCUT2D eigenvalue weighted by molar-refractivity contribution is 0.431. The van der Waals surface area contributed by atoms with Gasteiger partial charge in [0.2, 0.25) is 5.82 Å². The molecular formula is C15H12N4OS. The minimum atomic E-state index is 0.374. The van der Waals surface area contributed by atoms with Crippen molar-refractivity contribution >= 4 is 11.8 Å². The van der Waals surface area contributed by atoms with Crippen molar-refractivity contribution < 1.29 is 4.52 Å². The Morgan fingerprint density at radius 3 is 2.71 bits per heavy atom. The summed E-state index contributed by atoms with van der Waals surface area (Å²) in [6.07, 6.45) is 0. The molecule has 3 aromatic rings. The summed E-state index contributed by atoms with van der Waals surface area (Å²) < 4.78 is 5.23. The lowest BCUT2D eigenvalue weighted by Gasteiger charge is -1.98. The highest BCUT2D eigenvalue weighted by Crippen LogP contribution is 2.24. The molecule has 0 saturated carbocycles. The van der Waals surface area contributed by atoms with Crippen molar-refractivity contribution in [2.75, 3.05) is 5.75 Å². The number of aromatic amines is 1. The molecule has 0 radical (unpaired) electrons. The number of hydrogen-bond acceptors (Lipinski definition) is 5. The second-order valence-corrected chi connectivity index (χ2v) is 5.62. The maximum Gasteiger partial charge on any atom is 0.274 e. The zero-order valence-electron chi connectivity index (χ0n) is 11.3. The van der Waals surface area contributed by atoms with Crippen LogP contribution in [0.3, 0.4) is 0 Å². The number of benzene rings is 1. The third-order valence-electron chi connectivity index (χ3n) is 2.89. The molecule has 2 aromatic heterocycles. The van der Waals surface area contributed by atoms with Crippen LogP contribution in [0, 0.1) is 11.3 Å². The van der Waals surface area contributed by atoms with E-state index in [1.165, 1.54) is 4.90 Å². The smallest absolute Gasteiger partial charge is 0.274 e. The molecule has 0 fully saturated rings. The van der Waals surface area contributed by atoms with Gasteiger partial charge in [0.05, 0.1) is 0 Å². The number of hydrogen-bond donors (Lipinski definition) is 1. The van der Waals surface area contributed by atoms with E-state index in [1.54, 1.807) is 23.9 Å². The van der Waals surface area contributed by atoms with Gasteiger partial charge in [-0.25, -0.2) is 0 Å². The summed E-state index contributed by atoms with van der Waals surface area (Å²) in [4.78, 5) is 8.47. The number of nitrogens with zero attached hydrogens (tertiary/aromatic N) is 3. The number of nitriles is 1. The first-order chi connectivity index (χ1) is 10.3. The second-order valence-electron chi connectivity index (χ2n) is 4.28. The zero-order chi connectivity index (χ0) is 14.7. The average molecular weight is 296 g/mol. The number of nitrogens with one attached hydrogen (secondary N) is 1. The number of H-pyrrole nitrogens is 1. The molecule has 1 N–H and O–H groups in total. The minimum Gasteiger partial charge on any atom is -0.342 e. The summed E-state index contributed by atoms with van der Waals surface area (Å²) in [7, 11) is 0. The summed E-state index contributed by atoms with van der Waals surface area (Å²) in [6, 6.07) is 13.5. The van der Waals surface area contributed by atoms with Crippen LogP contribution in [0.1, 0.15) is 12.6 Å². The molecule has 0 spiro atoms. The van der Waals surface area contributed by atoms with Crippen molar-refractivity contribution in [3.05, 3.63) is 42.1 Å². The molecule has 0 bridgehead atoms. The Kier molecular flexibility index (Phi) is 3.75. The molecule has 0 aliphatic rings. The van der Waals surface area contributed by atoms with Gasteiger partial charge in [-0.3, -0.25) is 0 Å². The molecule has 0 unspecified atom stereocenters. The standard InChI is InChI=1S/C15H12N4OS/c1-2-21-12-6-3-10(4-7-12)14-18-15(20-19-14)13-8-5-11(9-16)17-13/h3-8,17H,2H2,1H3. The molecule has 0 amide bonds. The molecule has 1 aromatic carbocycles. The van der Waals surface area contributed by atoms with E-state index in [1.807, 2.05) is 30.3 Å². The Balaban J connectivity index is 1.85. The maximum atomic E-state index is 8.80. The Bertz CT molecular complexity index is 783. The van der Waals surface area contributed by atoms with Gasteiger partial charge >= 0.3 is 0 Å². The normalized spacial score (nSPS) is 10.5. The van der Waals surface area contributed by atoms with E-state index >= 15 is 0 Å². The third-order valence-corrected chi connectivity index (χ3v) is 3.78. The highest BCUT2D eigenvalue weighted by Gasteiger charge is 2.12. The topological polar surface area (TPSA) is 78.5 Å². The molecule has 6 heteroatoms. The summed E-state index contributed by atoms with van der Waals surface area (Å²) in [5.74, 6) is 1.95.